The highest BCUT2D eigenvalue weighted by atomic mass is 16.5. The van der Waals surface area contributed by atoms with Gasteiger partial charge in [-0.15, -0.1) is 0 Å². The minimum atomic E-state index is -0.492. The number of carbonyl (C=O) groups is 2. The number of carbonyl (C=O) groups excluding carboxylic acids is 2. The van der Waals surface area contributed by atoms with Crippen LogP contribution in [0.15, 0.2) is 24.3 Å². The monoisotopic (exact) mass is 318 g/mol. The van der Waals surface area contributed by atoms with Gasteiger partial charge in [0.05, 0.1) is 13.2 Å². The highest BCUT2D eigenvalue weighted by molar-refractivity contribution is 5.90. The van der Waals surface area contributed by atoms with Crippen molar-refractivity contribution in [1.29, 1.82) is 0 Å². The molecule has 0 radical (unpaired) electrons. The van der Waals surface area contributed by atoms with Gasteiger partial charge in [0, 0.05) is 32.7 Å². The summed E-state index contributed by atoms with van der Waals surface area (Å²) < 4.78 is 5.37. The van der Waals surface area contributed by atoms with Gasteiger partial charge >= 0.3 is 6.03 Å². The van der Waals surface area contributed by atoms with E-state index in [0.29, 0.717) is 13.1 Å². The first kappa shape index (κ1) is 15.8. The maximum Gasteiger partial charge on any atom is 0.315 e. The summed E-state index contributed by atoms with van der Waals surface area (Å²) in [6.45, 7) is 5.06. The van der Waals surface area contributed by atoms with E-state index in [1.165, 1.54) is 5.56 Å². The third-order valence-corrected chi connectivity index (χ3v) is 4.16. The van der Waals surface area contributed by atoms with Crippen LogP contribution in [-0.2, 0) is 22.6 Å². The Kier molecular flexibility index (Phi) is 5.09. The number of nitrogens with zero attached hydrogens (tertiary/aromatic N) is 1. The summed E-state index contributed by atoms with van der Waals surface area (Å²) in [5, 5.41) is 8.07. The molecule has 2 saturated heterocycles. The fraction of sp³-hybridized carbons (Fsp3) is 0.500. The van der Waals surface area contributed by atoms with Gasteiger partial charge in [-0.1, -0.05) is 24.3 Å². The zero-order chi connectivity index (χ0) is 16.1. The molecule has 1 aromatic rings. The minimum absolute atomic E-state index is 0.162. The first-order valence-electron chi connectivity index (χ1n) is 7.91. The minimum Gasteiger partial charge on any atom is -0.379 e. The topological polar surface area (TPSA) is 82.7 Å². The van der Waals surface area contributed by atoms with Crippen molar-refractivity contribution in [3.63, 3.8) is 0 Å². The van der Waals surface area contributed by atoms with Gasteiger partial charge in [0.25, 0.3) is 0 Å². The van der Waals surface area contributed by atoms with E-state index >= 15 is 0 Å². The number of hydrogen-bond acceptors (Lipinski definition) is 4. The molecule has 1 aromatic carbocycles. The standard InChI is InChI=1S/C16H22N4O3/c21-15(14-10-18-16(22)19-14)17-9-12-3-1-2-4-13(12)11-20-5-7-23-8-6-20/h1-4,14H,5-11H2,(H,17,21)(H2,18,19,22)/t14-/m1/s1. The molecule has 7 nitrogen and oxygen atoms in total. The van der Waals surface area contributed by atoms with Crippen LogP contribution in [0.1, 0.15) is 11.1 Å². The van der Waals surface area contributed by atoms with Crippen LogP contribution in [0.25, 0.3) is 0 Å². The van der Waals surface area contributed by atoms with Crippen molar-refractivity contribution in [3.05, 3.63) is 35.4 Å². The van der Waals surface area contributed by atoms with Gasteiger partial charge in [0.2, 0.25) is 5.91 Å². The lowest BCUT2D eigenvalue weighted by molar-refractivity contribution is -0.122. The molecule has 2 fully saturated rings. The van der Waals surface area contributed by atoms with Crippen molar-refractivity contribution in [2.75, 3.05) is 32.8 Å². The van der Waals surface area contributed by atoms with Crippen molar-refractivity contribution in [1.82, 2.24) is 20.9 Å². The van der Waals surface area contributed by atoms with Crippen molar-refractivity contribution < 1.29 is 14.3 Å². The molecule has 0 aliphatic carbocycles. The molecule has 1 atom stereocenters. The Labute approximate surface area is 135 Å². The molecule has 3 N–H and O–H groups in total. The van der Waals surface area contributed by atoms with Gasteiger partial charge in [0.1, 0.15) is 6.04 Å². The first-order chi connectivity index (χ1) is 11.2. The zero-order valence-corrected chi connectivity index (χ0v) is 13.0. The molecule has 124 valence electrons. The fourth-order valence-electron chi connectivity index (χ4n) is 2.80. The number of rotatable bonds is 5. The van der Waals surface area contributed by atoms with Crippen LogP contribution in [0.3, 0.4) is 0 Å². The number of benzene rings is 1. The molecular formula is C16H22N4O3. The van der Waals surface area contributed by atoms with Gasteiger partial charge in [0.15, 0.2) is 0 Å². The van der Waals surface area contributed by atoms with E-state index in [4.69, 9.17) is 4.74 Å². The van der Waals surface area contributed by atoms with Crippen LogP contribution in [-0.4, -0.2) is 55.7 Å². The molecule has 7 heteroatoms. The van der Waals surface area contributed by atoms with E-state index in [1.807, 2.05) is 18.2 Å². The van der Waals surface area contributed by atoms with Crippen molar-refractivity contribution in [3.8, 4) is 0 Å². The number of hydrogen-bond donors (Lipinski definition) is 3. The van der Waals surface area contributed by atoms with Crippen molar-refractivity contribution in [2.24, 2.45) is 0 Å². The van der Waals surface area contributed by atoms with Crippen molar-refractivity contribution in [2.45, 2.75) is 19.1 Å². The number of amides is 3. The molecule has 0 bridgehead atoms. The second kappa shape index (κ2) is 7.43. The average molecular weight is 318 g/mol. The van der Waals surface area contributed by atoms with E-state index in [9.17, 15) is 9.59 Å². The van der Waals surface area contributed by atoms with Gasteiger partial charge in [-0.05, 0) is 11.1 Å². The number of morpholine rings is 1. The van der Waals surface area contributed by atoms with E-state index in [-0.39, 0.29) is 11.9 Å². The summed E-state index contributed by atoms with van der Waals surface area (Å²) in [7, 11) is 0. The largest absolute Gasteiger partial charge is 0.379 e. The second-order valence-corrected chi connectivity index (χ2v) is 5.78. The smallest absolute Gasteiger partial charge is 0.315 e. The lowest BCUT2D eigenvalue weighted by Gasteiger charge is -2.27. The molecule has 3 rings (SSSR count). The molecule has 2 aliphatic rings. The van der Waals surface area contributed by atoms with E-state index < -0.39 is 6.04 Å². The van der Waals surface area contributed by atoms with Gasteiger partial charge in [-0.3, -0.25) is 9.69 Å². The molecule has 0 aromatic heterocycles. The summed E-state index contributed by atoms with van der Waals surface area (Å²) >= 11 is 0. The van der Waals surface area contributed by atoms with E-state index in [0.717, 1.165) is 38.4 Å². The maximum absolute atomic E-state index is 12.1. The number of ether oxygens (including phenoxy) is 1. The molecule has 23 heavy (non-hydrogen) atoms. The first-order valence-corrected chi connectivity index (χ1v) is 7.91. The quantitative estimate of drug-likeness (QED) is 0.703. The van der Waals surface area contributed by atoms with E-state index in [2.05, 4.69) is 26.9 Å². The van der Waals surface area contributed by atoms with Gasteiger partial charge in [-0.2, -0.15) is 0 Å². The molecular weight excluding hydrogens is 296 g/mol. The second-order valence-electron chi connectivity index (χ2n) is 5.78. The van der Waals surface area contributed by atoms with Gasteiger partial charge < -0.3 is 20.7 Å². The lowest BCUT2D eigenvalue weighted by atomic mass is 10.1. The average Bonchev–Trinajstić information content (AvgIpc) is 3.01. The van der Waals surface area contributed by atoms with Gasteiger partial charge in [-0.25, -0.2) is 4.79 Å². The normalized spacial score (nSPS) is 21.6. The zero-order valence-electron chi connectivity index (χ0n) is 13.0. The molecule has 2 heterocycles. The highest BCUT2D eigenvalue weighted by Gasteiger charge is 2.26. The summed E-state index contributed by atoms with van der Waals surface area (Å²) in [4.78, 5) is 25.5. The Balaban J connectivity index is 1.56. The predicted molar refractivity (Wildman–Crippen MR) is 84.7 cm³/mol. The lowest BCUT2D eigenvalue weighted by Crippen LogP contribution is -2.42. The number of nitrogens with one attached hydrogen (secondary N) is 3. The summed E-state index contributed by atoms with van der Waals surface area (Å²) in [6, 6.07) is 7.33. The summed E-state index contributed by atoms with van der Waals surface area (Å²) in [5.74, 6) is -0.162. The Bertz CT molecular complexity index is 572. The third-order valence-electron chi connectivity index (χ3n) is 4.16. The van der Waals surface area contributed by atoms with Crippen LogP contribution in [0.2, 0.25) is 0 Å². The molecule has 3 amide bonds. The van der Waals surface area contributed by atoms with Crippen LogP contribution in [0.5, 0.6) is 0 Å². The Morgan fingerprint density at radius 3 is 2.70 bits per heavy atom. The Hall–Kier alpha value is -2.12. The van der Waals surface area contributed by atoms with Crippen LogP contribution >= 0.6 is 0 Å². The molecule has 0 unspecified atom stereocenters. The third kappa shape index (κ3) is 4.20. The Morgan fingerprint density at radius 2 is 2.00 bits per heavy atom. The SMILES string of the molecule is O=C1NC[C@H](C(=O)NCc2ccccc2CN2CCOCC2)N1. The fourth-order valence-corrected chi connectivity index (χ4v) is 2.80. The molecule has 0 saturated carbocycles. The highest BCUT2D eigenvalue weighted by Crippen LogP contribution is 2.13. The van der Waals surface area contributed by atoms with Crippen LogP contribution < -0.4 is 16.0 Å². The maximum atomic E-state index is 12.1. The molecule has 0 spiro atoms. The van der Waals surface area contributed by atoms with Crippen LogP contribution in [0.4, 0.5) is 4.79 Å². The number of urea groups is 1. The predicted octanol–water partition coefficient (Wildman–Crippen LogP) is -0.184. The van der Waals surface area contributed by atoms with Crippen molar-refractivity contribution >= 4 is 11.9 Å². The van der Waals surface area contributed by atoms with Crippen LogP contribution in [0, 0.1) is 0 Å². The summed E-state index contributed by atoms with van der Waals surface area (Å²) in [5.41, 5.74) is 2.31. The van der Waals surface area contributed by atoms with E-state index in [1.54, 1.807) is 0 Å². The summed E-state index contributed by atoms with van der Waals surface area (Å²) in [6.07, 6.45) is 0. The molecule has 2 aliphatic heterocycles. The Morgan fingerprint density at radius 1 is 1.26 bits per heavy atom.